The van der Waals surface area contributed by atoms with Gasteiger partial charge in [-0.2, -0.15) is 0 Å². The molecule has 1 aromatic heterocycles. The maximum Gasteiger partial charge on any atom is 0.127 e. The third-order valence-corrected chi connectivity index (χ3v) is 2.74. The van der Waals surface area contributed by atoms with Crippen molar-refractivity contribution in [2.75, 3.05) is 33.8 Å². The summed E-state index contributed by atoms with van der Waals surface area (Å²) in [6, 6.07) is 2.02. The molecule has 0 spiro atoms. The molecule has 0 aliphatic rings. The average molecular weight is 265 g/mol. The summed E-state index contributed by atoms with van der Waals surface area (Å²) in [5, 5.41) is 3.43. The number of pyridine rings is 1. The van der Waals surface area contributed by atoms with Gasteiger partial charge in [0.1, 0.15) is 12.4 Å². The minimum absolute atomic E-state index is 0.650. The van der Waals surface area contributed by atoms with Gasteiger partial charge in [0, 0.05) is 36.6 Å². The standard InChI is InChI=1S/C15H27N3O/c1-12(2)9-16-10-14-11-17-13(3)8-15(14)19-7-6-18(4)5/h8,11-12,16H,6-7,9-10H2,1-5H3. The van der Waals surface area contributed by atoms with E-state index in [0.29, 0.717) is 12.5 Å². The molecule has 0 fully saturated rings. The fourth-order valence-electron chi connectivity index (χ4n) is 1.66. The Bertz CT molecular complexity index is 378. The number of rotatable bonds is 8. The molecule has 0 saturated heterocycles. The third-order valence-electron chi connectivity index (χ3n) is 2.74. The van der Waals surface area contributed by atoms with Crippen molar-refractivity contribution in [1.82, 2.24) is 15.2 Å². The van der Waals surface area contributed by atoms with Gasteiger partial charge in [0.25, 0.3) is 0 Å². The van der Waals surface area contributed by atoms with Crippen LogP contribution in [-0.2, 0) is 6.54 Å². The first-order chi connectivity index (χ1) is 8.99. The second-order valence-electron chi connectivity index (χ2n) is 5.61. The molecule has 0 radical (unpaired) electrons. The van der Waals surface area contributed by atoms with Crippen molar-refractivity contribution in [3.63, 3.8) is 0 Å². The number of aromatic nitrogens is 1. The molecule has 0 saturated carbocycles. The molecule has 1 N–H and O–H groups in total. The van der Waals surface area contributed by atoms with Crippen LogP contribution in [0.2, 0.25) is 0 Å². The van der Waals surface area contributed by atoms with Crippen LogP contribution in [-0.4, -0.2) is 43.7 Å². The van der Waals surface area contributed by atoms with Crippen molar-refractivity contribution in [2.45, 2.75) is 27.3 Å². The van der Waals surface area contributed by atoms with E-state index in [4.69, 9.17) is 4.74 Å². The zero-order valence-electron chi connectivity index (χ0n) is 12.9. The van der Waals surface area contributed by atoms with Gasteiger partial charge < -0.3 is 15.0 Å². The molecule has 0 aliphatic carbocycles. The molecule has 19 heavy (non-hydrogen) atoms. The summed E-state index contributed by atoms with van der Waals surface area (Å²) in [7, 11) is 4.10. The monoisotopic (exact) mass is 265 g/mol. The first-order valence-electron chi connectivity index (χ1n) is 6.92. The van der Waals surface area contributed by atoms with Crippen LogP contribution >= 0.6 is 0 Å². The first-order valence-corrected chi connectivity index (χ1v) is 6.92. The Morgan fingerprint density at radius 2 is 2.11 bits per heavy atom. The Morgan fingerprint density at radius 1 is 1.37 bits per heavy atom. The van der Waals surface area contributed by atoms with Crippen LogP contribution in [0.1, 0.15) is 25.1 Å². The van der Waals surface area contributed by atoms with E-state index in [0.717, 1.165) is 36.6 Å². The minimum Gasteiger partial charge on any atom is -0.492 e. The number of ether oxygens (including phenoxy) is 1. The van der Waals surface area contributed by atoms with Crippen molar-refractivity contribution in [3.8, 4) is 5.75 Å². The molecule has 0 atom stereocenters. The Balaban J connectivity index is 2.58. The van der Waals surface area contributed by atoms with Crippen LogP contribution in [0.4, 0.5) is 0 Å². The van der Waals surface area contributed by atoms with Crippen LogP contribution in [0.3, 0.4) is 0 Å². The Labute approximate surface area is 117 Å². The molecule has 108 valence electrons. The SMILES string of the molecule is Cc1cc(OCCN(C)C)c(CNCC(C)C)cn1. The van der Waals surface area contributed by atoms with Crippen LogP contribution in [0, 0.1) is 12.8 Å². The van der Waals surface area contributed by atoms with Crippen molar-refractivity contribution in [1.29, 1.82) is 0 Å². The summed E-state index contributed by atoms with van der Waals surface area (Å²) in [4.78, 5) is 6.47. The smallest absolute Gasteiger partial charge is 0.127 e. The molecule has 1 aromatic rings. The predicted molar refractivity (Wildman–Crippen MR) is 79.6 cm³/mol. The average Bonchev–Trinajstić information content (AvgIpc) is 2.31. The number of likely N-dealkylation sites (N-methyl/N-ethyl adjacent to an activating group) is 1. The summed E-state index contributed by atoms with van der Waals surface area (Å²) in [6.45, 7) is 9.83. The van der Waals surface area contributed by atoms with Gasteiger partial charge in [0.2, 0.25) is 0 Å². The lowest BCUT2D eigenvalue weighted by atomic mass is 10.2. The molecular weight excluding hydrogens is 238 g/mol. The highest BCUT2D eigenvalue weighted by molar-refractivity contribution is 5.32. The van der Waals surface area contributed by atoms with Gasteiger partial charge in [0.15, 0.2) is 0 Å². The van der Waals surface area contributed by atoms with Crippen LogP contribution in [0.15, 0.2) is 12.3 Å². The van der Waals surface area contributed by atoms with Gasteiger partial charge in [-0.25, -0.2) is 0 Å². The van der Waals surface area contributed by atoms with Gasteiger partial charge in [-0.05, 0) is 33.5 Å². The van der Waals surface area contributed by atoms with Crippen molar-refractivity contribution in [2.24, 2.45) is 5.92 Å². The maximum atomic E-state index is 5.86. The summed E-state index contributed by atoms with van der Waals surface area (Å²) in [6.07, 6.45) is 1.91. The van der Waals surface area contributed by atoms with Crippen molar-refractivity contribution >= 4 is 0 Å². The Morgan fingerprint density at radius 3 is 2.74 bits per heavy atom. The van der Waals surface area contributed by atoms with E-state index in [1.807, 2.05) is 33.3 Å². The molecule has 4 nitrogen and oxygen atoms in total. The number of nitrogens with zero attached hydrogens (tertiary/aromatic N) is 2. The van der Waals surface area contributed by atoms with Gasteiger partial charge in [-0.3, -0.25) is 4.98 Å². The second-order valence-corrected chi connectivity index (χ2v) is 5.61. The summed E-state index contributed by atoms with van der Waals surface area (Å²) in [5.74, 6) is 1.60. The molecule has 0 bridgehead atoms. The number of nitrogens with one attached hydrogen (secondary N) is 1. The lowest BCUT2D eigenvalue weighted by Crippen LogP contribution is -2.22. The minimum atomic E-state index is 0.650. The highest BCUT2D eigenvalue weighted by Gasteiger charge is 2.06. The van der Waals surface area contributed by atoms with Crippen molar-refractivity contribution in [3.05, 3.63) is 23.5 Å². The Hall–Kier alpha value is -1.13. The molecule has 4 heteroatoms. The number of hydrogen-bond donors (Lipinski definition) is 1. The largest absolute Gasteiger partial charge is 0.492 e. The molecule has 0 aromatic carbocycles. The van der Waals surface area contributed by atoms with Crippen molar-refractivity contribution < 1.29 is 4.74 Å². The number of aryl methyl sites for hydroxylation is 1. The Kier molecular flexibility index (Phi) is 6.81. The molecule has 0 aliphatic heterocycles. The molecule has 0 amide bonds. The van der Waals surface area contributed by atoms with Gasteiger partial charge >= 0.3 is 0 Å². The van der Waals surface area contributed by atoms with E-state index in [-0.39, 0.29) is 0 Å². The van der Waals surface area contributed by atoms with E-state index >= 15 is 0 Å². The lowest BCUT2D eigenvalue weighted by Gasteiger charge is -2.15. The zero-order chi connectivity index (χ0) is 14.3. The van der Waals surface area contributed by atoms with E-state index in [2.05, 4.69) is 29.0 Å². The van der Waals surface area contributed by atoms with Crippen LogP contribution < -0.4 is 10.1 Å². The van der Waals surface area contributed by atoms with Gasteiger partial charge in [0.05, 0.1) is 0 Å². The van der Waals surface area contributed by atoms with Crippen LogP contribution in [0.5, 0.6) is 5.75 Å². The predicted octanol–water partition coefficient (Wildman–Crippen LogP) is 2.08. The molecule has 0 unspecified atom stereocenters. The summed E-state index contributed by atoms with van der Waals surface area (Å²) < 4.78 is 5.86. The fraction of sp³-hybridized carbons (Fsp3) is 0.667. The van der Waals surface area contributed by atoms with E-state index in [1.54, 1.807) is 0 Å². The second kappa shape index (κ2) is 8.12. The quantitative estimate of drug-likeness (QED) is 0.781. The highest BCUT2D eigenvalue weighted by Crippen LogP contribution is 2.18. The first kappa shape index (κ1) is 15.9. The van der Waals surface area contributed by atoms with Gasteiger partial charge in [-0.15, -0.1) is 0 Å². The highest BCUT2D eigenvalue weighted by atomic mass is 16.5. The third kappa shape index (κ3) is 6.55. The molecule has 1 rings (SSSR count). The zero-order valence-corrected chi connectivity index (χ0v) is 12.9. The van der Waals surface area contributed by atoms with E-state index < -0.39 is 0 Å². The van der Waals surface area contributed by atoms with Gasteiger partial charge in [-0.1, -0.05) is 13.8 Å². The lowest BCUT2D eigenvalue weighted by molar-refractivity contribution is 0.258. The topological polar surface area (TPSA) is 37.4 Å². The van der Waals surface area contributed by atoms with E-state index in [1.165, 1.54) is 0 Å². The van der Waals surface area contributed by atoms with Crippen LogP contribution in [0.25, 0.3) is 0 Å². The summed E-state index contributed by atoms with van der Waals surface area (Å²) >= 11 is 0. The summed E-state index contributed by atoms with van der Waals surface area (Å²) in [5.41, 5.74) is 2.12. The van der Waals surface area contributed by atoms with E-state index in [9.17, 15) is 0 Å². The molecule has 1 heterocycles. The maximum absolute atomic E-state index is 5.86. The number of hydrogen-bond acceptors (Lipinski definition) is 4. The fourth-order valence-corrected chi connectivity index (χ4v) is 1.66. The molecular formula is C15H27N3O. The normalized spacial score (nSPS) is 11.3.